The molecule has 1 aromatic carbocycles. The molecule has 1 fully saturated rings. The average Bonchev–Trinajstić information content (AvgIpc) is 3.55. The highest BCUT2D eigenvalue weighted by molar-refractivity contribution is 5.95. The summed E-state index contributed by atoms with van der Waals surface area (Å²) in [7, 11) is 0. The van der Waals surface area contributed by atoms with E-state index >= 15 is 0 Å². The normalized spacial score (nSPS) is 15.7. The van der Waals surface area contributed by atoms with Gasteiger partial charge in [0, 0.05) is 18.9 Å². The van der Waals surface area contributed by atoms with Crippen molar-refractivity contribution in [3.8, 4) is 0 Å². The van der Waals surface area contributed by atoms with E-state index in [1.54, 1.807) is 25.1 Å². The lowest BCUT2D eigenvalue weighted by molar-refractivity contribution is -0.154. The third-order valence-corrected chi connectivity index (χ3v) is 6.87. The van der Waals surface area contributed by atoms with Gasteiger partial charge in [-0.3, -0.25) is 14.4 Å². The Labute approximate surface area is 210 Å². The third-order valence-electron chi connectivity index (χ3n) is 6.87. The maximum atomic E-state index is 13.9. The minimum absolute atomic E-state index is 0.0598. The number of furan rings is 1. The van der Waals surface area contributed by atoms with Gasteiger partial charge in [0.2, 0.25) is 17.7 Å². The Hall–Kier alpha value is -3.88. The average molecular weight is 493 g/mol. The molecule has 1 atom stereocenters. The van der Waals surface area contributed by atoms with Crippen molar-refractivity contribution in [2.24, 2.45) is 11.7 Å². The first-order chi connectivity index (χ1) is 17.4. The Kier molecular flexibility index (Phi) is 7.87. The number of rotatable bonds is 10. The standard InChI is InChI=1S/C27H32N4O5/c1-19-17-23(30-36-19)29-24(32)14-15-25(33)31(18-22-13-8-16-35-22)27(26(28)34,20-9-4-2-5-10-20)21-11-6-3-7-12-21/h2,4-5,8-10,13,16-17,21H,3,6-7,11-12,14-15,18H2,1H3,(H2,28,34)(H,29,30,32). The second-order valence-corrected chi connectivity index (χ2v) is 9.26. The van der Waals surface area contributed by atoms with Crippen LogP contribution in [0.25, 0.3) is 0 Å². The van der Waals surface area contributed by atoms with Gasteiger partial charge in [-0.2, -0.15) is 0 Å². The van der Waals surface area contributed by atoms with Crippen LogP contribution in [-0.4, -0.2) is 27.8 Å². The molecule has 0 aliphatic heterocycles. The second kappa shape index (κ2) is 11.2. The molecule has 3 N–H and O–H groups in total. The number of anilines is 1. The molecule has 1 unspecified atom stereocenters. The van der Waals surface area contributed by atoms with Crippen molar-refractivity contribution in [2.75, 3.05) is 5.32 Å². The lowest BCUT2D eigenvalue weighted by Crippen LogP contribution is -2.61. The van der Waals surface area contributed by atoms with Gasteiger partial charge in [0.05, 0.1) is 12.8 Å². The van der Waals surface area contributed by atoms with E-state index in [9.17, 15) is 14.4 Å². The van der Waals surface area contributed by atoms with E-state index in [1.165, 1.54) is 11.2 Å². The molecule has 1 saturated carbocycles. The Morgan fingerprint density at radius 2 is 1.83 bits per heavy atom. The molecule has 9 nitrogen and oxygen atoms in total. The number of carbonyl (C=O) groups is 3. The number of nitrogens with two attached hydrogens (primary N) is 1. The number of primary amides is 1. The van der Waals surface area contributed by atoms with Gasteiger partial charge in [-0.15, -0.1) is 0 Å². The van der Waals surface area contributed by atoms with Crippen molar-refractivity contribution >= 4 is 23.5 Å². The van der Waals surface area contributed by atoms with E-state index in [0.29, 0.717) is 17.1 Å². The maximum Gasteiger partial charge on any atom is 0.248 e. The van der Waals surface area contributed by atoms with Crippen LogP contribution in [0.4, 0.5) is 5.82 Å². The summed E-state index contributed by atoms with van der Waals surface area (Å²) in [6.07, 6.45) is 5.85. The SMILES string of the molecule is Cc1cc(NC(=O)CCC(=O)N(Cc2ccco2)C(C(N)=O)(c2ccccc2)C2CCCCC2)no1. The van der Waals surface area contributed by atoms with Gasteiger partial charge in [0.15, 0.2) is 5.82 Å². The first-order valence-electron chi connectivity index (χ1n) is 12.3. The van der Waals surface area contributed by atoms with Gasteiger partial charge in [0.1, 0.15) is 17.1 Å². The van der Waals surface area contributed by atoms with Gasteiger partial charge in [-0.1, -0.05) is 54.8 Å². The predicted molar refractivity (Wildman–Crippen MR) is 132 cm³/mol. The highest BCUT2D eigenvalue weighted by Gasteiger charge is 2.52. The summed E-state index contributed by atoms with van der Waals surface area (Å²) >= 11 is 0. The maximum absolute atomic E-state index is 13.9. The van der Waals surface area contributed by atoms with Crippen molar-refractivity contribution in [3.05, 3.63) is 71.9 Å². The molecule has 190 valence electrons. The molecule has 4 rings (SSSR count). The van der Waals surface area contributed by atoms with Crippen LogP contribution in [-0.2, 0) is 26.5 Å². The van der Waals surface area contributed by atoms with Gasteiger partial charge < -0.3 is 24.9 Å². The summed E-state index contributed by atoms with van der Waals surface area (Å²) in [5.41, 5.74) is 5.50. The monoisotopic (exact) mass is 492 g/mol. The van der Waals surface area contributed by atoms with Crippen molar-refractivity contribution in [3.63, 3.8) is 0 Å². The van der Waals surface area contributed by atoms with Crippen LogP contribution in [0.15, 0.2) is 63.7 Å². The zero-order chi connectivity index (χ0) is 25.5. The van der Waals surface area contributed by atoms with Crippen molar-refractivity contribution in [1.29, 1.82) is 0 Å². The number of aryl methyl sites for hydroxylation is 1. The summed E-state index contributed by atoms with van der Waals surface area (Å²) < 4.78 is 10.5. The Bertz CT molecular complexity index is 1170. The minimum Gasteiger partial charge on any atom is -0.467 e. The number of hydrogen-bond acceptors (Lipinski definition) is 6. The molecule has 9 heteroatoms. The highest BCUT2D eigenvalue weighted by atomic mass is 16.5. The van der Waals surface area contributed by atoms with Crippen LogP contribution in [0.2, 0.25) is 0 Å². The summed E-state index contributed by atoms with van der Waals surface area (Å²) in [5, 5.41) is 6.39. The Morgan fingerprint density at radius 1 is 1.08 bits per heavy atom. The van der Waals surface area contributed by atoms with Crippen molar-refractivity contribution in [1.82, 2.24) is 10.1 Å². The topological polar surface area (TPSA) is 132 Å². The fraction of sp³-hybridized carbons (Fsp3) is 0.407. The van der Waals surface area contributed by atoms with Crippen molar-refractivity contribution < 1.29 is 23.3 Å². The quantitative estimate of drug-likeness (QED) is 0.434. The van der Waals surface area contributed by atoms with Gasteiger partial charge in [-0.05, 0) is 43.4 Å². The fourth-order valence-electron chi connectivity index (χ4n) is 5.26. The second-order valence-electron chi connectivity index (χ2n) is 9.26. The van der Waals surface area contributed by atoms with Crippen LogP contribution in [0.3, 0.4) is 0 Å². The number of amides is 3. The van der Waals surface area contributed by atoms with Crippen LogP contribution in [0.1, 0.15) is 62.0 Å². The largest absolute Gasteiger partial charge is 0.467 e. The van der Waals surface area contributed by atoms with E-state index in [-0.39, 0.29) is 42.9 Å². The molecule has 36 heavy (non-hydrogen) atoms. The molecular weight excluding hydrogens is 460 g/mol. The van der Waals surface area contributed by atoms with E-state index in [4.69, 9.17) is 14.7 Å². The number of hydrogen-bond donors (Lipinski definition) is 2. The third kappa shape index (κ3) is 5.35. The van der Waals surface area contributed by atoms with Gasteiger partial charge in [0.25, 0.3) is 0 Å². The smallest absolute Gasteiger partial charge is 0.248 e. The van der Waals surface area contributed by atoms with E-state index < -0.39 is 11.4 Å². The summed E-state index contributed by atoms with van der Waals surface area (Å²) in [4.78, 5) is 41.4. The molecule has 2 heterocycles. The lowest BCUT2D eigenvalue weighted by atomic mass is 9.69. The molecular formula is C27H32N4O5. The van der Waals surface area contributed by atoms with Crippen LogP contribution in [0.5, 0.6) is 0 Å². The minimum atomic E-state index is -1.37. The molecule has 0 radical (unpaired) electrons. The van der Waals surface area contributed by atoms with Crippen LogP contribution >= 0.6 is 0 Å². The molecule has 3 amide bonds. The number of nitrogens with one attached hydrogen (secondary N) is 1. The summed E-state index contributed by atoms with van der Waals surface area (Å²) in [6, 6.07) is 14.3. The van der Waals surface area contributed by atoms with Crippen molar-refractivity contribution in [2.45, 2.75) is 64.0 Å². The molecule has 3 aromatic rings. The summed E-state index contributed by atoms with van der Waals surface area (Å²) in [6.45, 7) is 1.78. The molecule has 2 aromatic heterocycles. The van der Waals surface area contributed by atoms with Crippen LogP contribution < -0.4 is 11.1 Å². The first-order valence-corrected chi connectivity index (χ1v) is 12.3. The Morgan fingerprint density at radius 3 is 2.44 bits per heavy atom. The van der Waals surface area contributed by atoms with Gasteiger partial charge >= 0.3 is 0 Å². The zero-order valence-corrected chi connectivity index (χ0v) is 20.4. The first kappa shape index (κ1) is 25.2. The molecule has 0 bridgehead atoms. The highest BCUT2D eigenvalue weighted by Crippen LogP contribution is 2.45. The Balaban J connectivity index is 1.67. The van der Waals surface area contributed by atoms with E-state index in [2.05, 4.69) is 10.5 Å². The zero-order valence-electron chi connectivity index (χ0n) is 20.4. The van der Waals surface area contributed by atoms with Crippen LogP contribution in [0, 0.1) is 12.8 Å². The van der Waals surface area contributed by atoms with E-state index in [1.807, 2.05) is 30.3 Å². The molecule has 0 saturated heterocycles. The number of benzene rings is 1. The molecule has 1 aliphatic carbocycles. The fourth-order valence-corrected chi connectivity index (χ4v) is 5.26. The van der Waals surface area contributed by atoms with Gasteiger partial charge in [-0.25, -0.2) is 0 Å². The number of nitrogens with zero attached hydrogens (tertiary/aromatic N) is 2. The number of carbonyl (C=O) groups excluding carboxylic acids is 3. The van der Waals surface area contributed by atoms with E-state index in [0.717, 1.165) is 32.1 Å². The molecule has 0 spiro atoms. The number of aromatic nitrogens is 1. The predicted octanol–water partition coefficient (Wildman–Crippen LogP) is 4.28. The summed E-state index contributed by atoms with van der Waals surface area (Å²) in [5.74, 6) is -0.0889. The molecule has 1 aliphatic rings. The lowest BCUT2D eigenvalue weighted by Gasteiger charge is -2.48.